The van der Waals surface area contributed by atoms with Gasteiger partial charge in [0.05, 0.1) is 16.2 Å². The van der Waals surface area contributed by atoms with Crippen LogP contribution in [0.25, 0.3) is 22.8 Å². The Morgan fingerprint density at radius 3 is 2.74 bits per heavy atom. The molecule has 2 aromatic heterocycles. The molecule has 6 nitrogen and oxygen atoms in total. The molecule has 8 heteroatoms. The molecule has 3 aromatic rings. The van der Waals surface area contributed by atoms with Crippen LogP contribution in [0.2, 0.25) is 10.0 Å². The fourth-order valence-corrected chi connectivity index (χ4v) is 1.85. The van der Waals surface area contributed by atoms with Crippen LogP contribution in [0.4, 0.5) is 5.82 Å². The normalized spacial score (nSPS) is 10.8. The summed E-state index contributed by atoms with van der Waals surface area (Å²) < 4.78 is 5.14. The van der Waals surface area contributed by atoms with Crippen molar-refractivity contribution in [2.45, 2.75) is 0 Å². The van der Waals surface area contributed by atoms with Gasteiger partial charge < -0.3 is 10.3 Å². The average molecular weight is 296 g/mol. The lowest BCUT2D eigenvalue weighted by Crippen LogP contribution is -1.87. The molecule has 3 N–H and O–H groups in total. The summed E-state index contributed by atoms with van der Waals surface area (Å²) in [6.45, 7) is 0. The highest BCUT2D eigenvalue weighted by atomic mass is 35.5. The Balaban J connectivity index is 2.01. The SMILES string of the molecule is Nc1[nH]ncc1-c1nc(-c2ccc(Cl)c(Cl)c2)no1. The van der Waals surface area contributed by atoms with Crippen LogP contribution in [0.15, 0.2) is 28.9 Å². The number of H-pyrrole nitrogens is 1. The molecule has 0 radical (unpaired) electrons. The summed E-state index contributed by atoms with van der Waals surface area (Å²) in [6, 6.07) is 5.08. The van der Waals surface area contributed by atoms with Crippen LogP contribution in [0.3, 0.4) is 0 Å². The first-order valence-electron chi connectivity index (χ1n) is 5.23. The predicted molar refractivity (Wildman–Crippen MR) is 71.7 cm³/mol. The molecule has 0 aliphatic heterocycles. The van der Waals surface area contributed by atoms with Crippen molar-refractivity contribution in [3.63, 3.8) is 0 Å². The van der Waals surface area contributed by atoms with Crippen LogP contribution in [-0.4, -0.2) is 20.3 Å². The van der Waals surface area contributed by atoms with Crippen LogP contribution < -0.4 is 5.73 Å². The third-order valence-electron chi connectivity index (χ3n) is 2.50. The third-order valence-corrected chi connectivity index (χ3v) is 3.24. The van der Waals surface area contributed by atoms with Crippen molar-refractivity contribution in [3.05, 3.63) is 34.4 Å². The summed E-state index contributed by atoms with van der Waals surface area (Å²) in [7, 11) is 0. The van der Waals surface area contributed by atoms with Crippen LogP contribution in [-0.2, 0) is 0 Å². The van der Waals surface area contributed by atoms with Crippen LogP contribution in [0.5, 0.6) is 0 Å². The topological polar surface area (TPSA) is 93.6 Å². The number of anilines is 1. The van der Waals surface area contributed by atoms with Gasteiger partial charge in [0.25, 0.3) is 5.89 Å². The summed E-state index contributed by atoms with van der Waals surface area (Å²) in [6.07, 6.45) is 1.52. The molecule has 0 unspecified atom stereocenters. The molecular formula is C11H7Cl2N5O. The van der Waals surface area contributed by atoms with Gasteiger partial charge in [0, 0.05) is 5.56 Å². The lowest BCUT2D eigenvalue weighted by Gasteiger charge is -1.97. The quantitative estimate of drug-likeness (QED) is 0.758. The van der Waals surface area contributed by atoms with Gasteiger partial charge in [-0.3, -0.25) is 5.10 Å². The number of nitrogens with one attached hydrogen (secondary N) is 1. The van der Waals surface area contributed by atoms with E-state index < -0.39 is 0 Å². The van der Waals surface area contributed by atoms with E-state index in [1.54, 1.807) is 18.2 Å². The molecule has 1 aromatic carbocycles. The zero-order valence-corrected chi connectivity index (χ0v) is 10.9. The summed E-state index contributed by atoms with van der Waals surface area (Å²) in [5.74, 6) is 1.05. The van der Waals surface area contributed by atoms with Crippen molar-refractivity contribution in [2.75, 3.05) is 5.73 Å². The maximum absolute atomic E-state index is 5.94. The Kier molecular flexibility index (Phi) is 2.88. The Morgan fingerprint density at radius 2 is 2.05 bits per heavy atom. The van der Waals surface area contributed by atoms with Gasteiger partial charge in [-0.05, 0) is 18.2 Å². The minimum Gasteiger partial charge on any atom is -0.383 e. The Morgan fingerprint density at radius 1 is 1.21 bits per heavy atom. The lowest BCUT2D eigenvalue weighted by molar-refractivity contribution is 0.432. The van der Waals surface area contributed by atoms with Gasteiger partial charge in [-0.25, -0.2) is 0 Å². The molecule has 0 aliphatic rings. The molecule has 0 saturated heterocycles. The number of aromatic amines is 1. The van der Waals surface area contributed by atoms with E-state index in [-0.39, 0.29) is 5.89 Å². The van der Waals surface area contributed by atoms with E-state index in [1.165, 1.54) is 6.20 Å². The number of nitrogens with zero attached hydrogens (tertiary/aromatic N) is 3. The van der Waals surface area contributed by atoms with Crippen molar-refractivity contribution in [3.8, 4) is 22.8 Å². The fraction of sp³-hybridized carbons (Fsp3) is 0. The monoisotopic (exact) mass is 295 g/mol. The number of nitrogen functional groups attached to an aromatic ring is 1. The zero-order valence-electron chi connectivity index (χ0n) is 9.39. The molecule has 0 saturated carbocycles. The summed E-state index contributed by atoms with van der Waals surface area (Å²) in [4.78, 5) is 4.24. The van der Waals surface area contributed by atoms with Crippen molar-refractivity contribution >= 4 is 29.0 Å². The number of hydrogen-bond acceptors (Lipinski definition) is 5. The Bertz CT molecular complexity index is 736. The van der Waals surface area contributed by atoms with Crippen molar-refractivity contribution in [2.24, 2.45) is 0 Å². The highest BCUT2D eigenvalue weighted by molar-refractivity contribution is 6.42. The number of aromatic nitrogens is 4. The van der Waals surface area contributed by atoms with Gasteiger partial charge >= 0.3 is 0 Å². The molecule has 0 spiro atoms. The standard InChI is InChI=1S/C11H7Cl2N5O/c12-7-2-1-5(3-8(7)13)10-16-11(19-18-10)6-4-15-17-9(6)14/h1-4H,(H3,14,15,17). The summed E-state index contributed by atoms with van der Waals surface area (Å²) in [5.41, 5.74) is 6.93. The van der Waals surface area contributed by atoms with E-state index >= 15 is 0 Å². The number of benzene rings is 1. The predicted octanol–water partition coefficient (Wildman–Crippen LogP) is 3.02. The van der Waals surface area contributed by atoms with Crippen molar-refractivity contribution < 1.29 is 4.52 Å². The molecule has 0 atom stereocenters. The van der Waals surface area contributed by atoms with Crippen LogP contribution in [0, 0.1) is 0 Å². The molecule has 0 bridgehead atoms. The minimum atomic E-state index is 0.285. The second-order valence-corrected chi connectivity index (χ2v) is 4.56. The van der Waals surface area contributed by atoms with Crippen LogP contribution in [0.1, 0.15) is 0 Å². The maximum atomic E-state index is 5.94. The average Bonchev–Trinajstić information content (AvgIpc) is 3.01. The number of rotatable bonds is 2. The van der Waals surface area contributed by atoms with E-state index in [9.17, 15) is 0 Å². The van der Waals surface area contributed by atoms with Crippen molar-refractivity contribution in [1.82, 2.24) is 20.3 Å². The molecule has 0 aliphatic carbocycles. The molecule has 0 amide bonds. The van der Waals surface area contributed by atoms with Gasteiger partial charge in [-0.2, -0.15) is 10.1 Å². The van der Waals surface area contributed by atoms with Crippen LogP contribution >= 0.6 is 23.2 Å². The molecular weight excluding hydrogens is 289 g/mol. The molecule has 2 heterocycles. The highest BCUT2D eigenvalue weighted by Gasteiger charge is 2.15. The second-order valence-electron chi connectivity index (χ2n) is 3.75. The smallest absolute Gasteiger partial charge is 0.263 e. The first-order valence-corrected chi connectivity index (χ1v) is 5.99. The molecule has 19 heavy (non-hydrogen) atoms. The van der Waals surface area contributed by atoms with Crippen molar-refractivity contribution in [1.29, 1.82) is 0 Å². The molecule has 3 rings (SSSR count). The largest absolute Gasteiger partial charge is 0.383 e. The van der Waals surface area contributed by atoms with Gasteiger partial charge in [-0.1, -0.05) is 28.4 Å². The Labute approximate surface area is 117 Å². The fourth-order valence-electron chi connectivity index (χ4n) is 1.55. The van der Waals surface area contributed by atoms with Gasteiger partial charge in [0.1, 0.15) is 11.4 Å². The maximum Gasteiger partial charge on any atom is 0.263 e. The third kappa shape index (κ3) is 2.16. The summed E-state index contributed by atoms with van der Waals surface area (Å²) >= 11 is 11.8. The second kappa shape index (κ2) is 4.56. The van der Waals surface area contributed by atoms with E-state index in [4.69, 9.17) is 33.5 Å². The summed E-state index contributed by atoms with van der Waals surface area (Å²) in [5, 5.41) is 11.1. The van der Waals surface area contributed by atoms with Gasteiger partial charge in [0.15, 0.2) is 0 Å². The molecule has 0 fully saturated rings. The Hall–Kier alpha value is -2.05. The van der Waals surface area contributed by atoms with E-state index in [0.29, 0.717) is 32.8 Å². The number of hydrogen-bond donors (Lipinski definition) is 2. The minimum absolute atomic E-state index is 0.285. The lowest BCUT2D eigenvalue weighted by atomic mass is 10.2. The van der Waals surface area contributed by atoms with E-state index in [0.717, 1.165) is 0 Å². The first kappa shape index (κ1) is 12.0. The van der Waals surface area contributed by atoms with E-state index in [1.807, 2.05) is 0 Å². The number of halogens is 2. The highest BCUT2D eigenvalue weighted by Crippen LogP contribution is 2.29. The van der Waals surface area contributed by atoms with E-state index in [2.05, 4.69) is 20.3 Å². The molecule has 96 valence electrons. The van der Waals surface area contributed by atoms with Gasteiger partial charge in [0.2, 0.25) is 5.82 Å². The number of nitrogens with two attached hydrogens (primary N) is 1. The van der Waals surface area contributed by atoms with Gasteiger partial charge in [-0.15, -0.1) is 0 Å². The first-order chi connectivity index (χ1) is 9.15. The zero-order chi connectivity index (χ0) is 13.4.